The van der Waals surface area contributed by atoms with Crippen molar-refractivity contribution in [3.8, 4) is 5.75 Å². The Hall–Kier alpha value is -1.65. The predicted octanol–water partition coefficient (Wildman–Crippen LogP) is 3.00. The standard InChI is InChI=1S/C14H15ClN2O2/c1-9(2)19-12-5-11(7-16-8-12)14(18)10-3-4-17-13(15)6-10/h3-9,14,18H,1-2H3. The van der Waals surface area contributed by atoms with Crippen molar-refractivity contribution < 1.29 is 9.84 Å². The number of ether oxygens (including phenoxy) is 1. The van der Waals surface area contributed by atoms with E-state index in [0.717, 1.165) is 0 Å². The highest BCUT2D eigenvalue weighted by atomic mass is 35.5. The van der Waals surface area contributed by atoms with E-state index in [2.05, 4.69) is 9.97 Å². The first-order chi connectivity index (χ1) is 9.06. The largest absolute Gasteiger partial charge is 0.489 e. The lowest BCUT2D eigenvalue weighted by molar-refractivity contribution is 0.215. The number of pyridine rings is 2. The molecule has 0 fully saturated rings. The van der Waals surface area contributed by atoms with Gasteiger partial charge in [0.05, 0.1) is 12.3 Å². The number of rotatable bonds is 4. The number of aliphatic hydroxyl groups is 1. The topological polar surface area (TPSA) is 55.2 Å². The maximum atomic E-state index is 10.3. The Balaban J connectivity index is 2.26. The van der Waals surface area contributed by atoms with Crippen LogP contribution in [0.5, 0.6) is 5.75 Å². The van der Waals surface area contributed by atoms with Gasteiger partial charge in [-0.2, -0.15) is 0 Å². The van der Waals surface area contributed by atoms with Gasteiger partial charge in [0, 0.05) is 18.0 Å². The van der Waals surface area contributed by atoms with Crippen molar-refractivity contribution in [1.82, 2.24) is 9.97 Å². The first-order valence-electron chi connectivity index (χ1n) is 5.97. The van der Waals surface area contributed by atoms with Crippen LogP contribution in [0.15, 0.2) is 36.8 Å². The molecule has 0 amide bonds. The molecule has 2 heterocycles. The maximum Gasteiger partial charge on any atom is 0.138 e. The SMILES string of the molecule is CC(C)Oc1cncc(C(O)c2ccnc(Cl)c2)c1. The van der Waals surface area contributed by atoms with E-state index in [0.29, 0.717) is 22.0 Å². The molecule has 0 aliphatic rings. The van der Waals surface area contributed by atoms with Crippen LogP contribution in [0.1, 0.15) is 31.1 Å². The van der Waals surface area contributed by atoms with Crippen LogP contribution in [-0.4, -0.2) is 21.2 Å². The molecule has 0 spiro atoms. The second-order valence-corrected chi connectivity index (χ2v) is 4.82. The van der Waals surface area contributed by atoms with Crippen LogP contribution in [0.3, 0.4) is 0 Å². The molecule has 1 N–H and O–H groups in total. The molecule has 2 rings (SSSR count). The second-order valence-electron chi connectivity index (χ2n) is 4.44. The first-order valence-corrected chi connectivity index (χ1v) is 6.35. The number of halogens is 1. The molecule has 0 bridgehead atoms. The zero-order valence-corrected chi connectivity index (χ0v) is 11.5. The molecule has 100 valence electrons. The van der Waals surface area contributed by atoms with E-state index in [-0.39, 0.29) is 6.10 Å². The minimum atomic E-state index is -0.802. The molecule has 4 nitrogen and oxygen atoms in total. The fraction of sp³-hybridized carbons (Fsp3) is 0.286. The van der Waals surface area contributed by atoms with Crippen LogP contribution in [0.25, 0.3) is 0 Å². The average molecular weight is 279 g/mol. The fourth-order valence-corrected chi connectivity index (χ4v) is 1.88. The van der Waals surface area contributed by atoms with Gasteiger partial charge in [-0.25, -0.2) is 4.98 Å². The zero-order chi connectivity index (χ0) is 13.8. The van der Waals surface area contributed by atoms with E-state index in [1.165, 1.54) is 0 Å². The van der Waals surface area contributed by atoms with Crippen LogP contribution in [0, 0.1) is 0 Å². The summed E-state index contributed by atoms with van der Waals surface area (Å²) in [6.45, 7) is 3.87. The number of hydrogen-bond donors (Lipinski definition) is 1. The summed E-state index contributed by atoms with van der Waals surface area (Å²) in [7, 11) is 0. The third-order valence-electron chi connectivity index (χ3n) is 2.49. The highest BCUT2D eigenvalue weighted by molar-refractivity contribution is 6.29. The van der Waals surface area contributed by atoms with Gasteiger partial charge in [-0.05, 0) is 37.6 Å². The molecule has 1 atom stereocenters. The first kappa shape index (κ1) is 13.8. The third-order valence-corrected chi connectivity index (χ3v) is 2.69. The van der Waals surface area contributed by atoms with Gasteiger partial charge in [-0.1, -0.05) is 11.6 Å². The van der Waals surface area contributed by atoms with Crippen molar-refractivity contribution in [2.45, 2.75) is 26.1 Å². The minimum Gasteiger partial charge on any atom is -0.489 e. The normalized spacial score (nSPS) is 12.5. The molecule has 0 aliphatic carbocycles. The Kier molecular flexibility index (Phi) is 4.35. The Morgan fingerprint density at radius 1 is 1.21 bits per heavy atom. The third kappa shape index (κ3) is 3.66. The molecule has 0 saturated heterocycles. The molecule has 2 aromatic heterocycles. The molecule has 0 aromatic carbocycles. The van der Waals surface area contributed by atoms with Gasteiger partial charge in [0.2, 0.25) is 0 Å². The predicted molar refractivity (Wildman–Crippen MR) is 73.3 cm³/mol. The summed E-state index contributed by atoms with van der Waals surface area (Å²) >= 11 is 5.81. The van der Waals surface area contributed by atoms with Gasteiger partial charge >= 0.3 is 0 Å². The molecule has 0 aliphatic heterocycles. The van der Waals surface area contributed by atoms with Crippen LogP contribution in [0.2, 0.25) is 5.15 Å². The monoisotopic (exact) mass is 278 g/mol. The summed E-state index contributed by atoms with van der Waals surface area (Å²) in [5.74, 6) is 0.631. The van der Waals surface area contributed by atoms with E-state index in [1.807, 2.05) is 13.8 Å². The average Bonchev–Trinajstić information content (AvgIpc) is 2.37. The smallest absolute Gasteiger partial charge is 0.138 e. The Labute approximate surface area is 117 Å². The van der Waals surface area contributed by atoms with Crippen LogP contribution in [-0.2, 0) is 0 Å². The van der Waals surface area contributed by atoms with E-state index in [4.69, 9.17) is 16.3 Å². The molecule has 1 unspecified atom stereocenters. The van der Waals surface area contributed by atoms with Crippen LogP contribution < -0.4 is 4.74 Å². The molecular weight excluding hydrogens is 264 g/mol. The summed E-state index contributed by atoms with van der Waals surface area (Å²) in [6.07, 6.45) is 4.04. The summed E-state index contributed by atoms with van der Waals surface area (Å²) < 4.78 is 5.55. The lowest BCUT2D eigenvalue weighted by Gasteiger charge is -2.14. The van der Waals surface area contributed by atoms with Gasteiger partial charge in [0.25, 0.3) is 0 Å². The zero-order valence-electron chi connectivity index (χ0n) is 10.7. The summed E-state index contributed by atoms with van der Waals surface area (Å²) in [5.41, 5.74) is 1.32. The Morgan fingerprint density at radius 3 is 2.68 bits per heavy atom. The summed E-state index contributed by atoms with van der Waals surface area (Å²) in [4.78, 5) is 7.96. The lowest BCUT2D eigenvalue weighted by Crippen LogP contribution is -2.07. The van der Waals surface area contributed by atoms with Gasteiger partial charge in [0.15, 0.2) is 0 Å². The van der Waals surface area contributed by atoms with Crippen LogP contribution in [0.4, 0.5) is 0 Å². The molecule has 2 aromatic rings. The molecule has 0 radical (unpaired) electrons. The number of hydrogen-bond acceptors (Lipinski definition) is 4. The Bertz CT molecular complexity index is 561. The lowest BCUT2D eigenvalue weighted by atomic mass is 10.0. The fourth-order valence-electron chi connectivity index (χ4n) is 1.70. The highest BCUT2D eigenvalue weighted by Gasteiger charge is 2.12. The molecule has 0 saturated carbocycles. The van der Waals surface area contributed by atoms with Gasteiger partial charge in [0.1, 0.15) is 17.0 Å². The maximum absolute atomic E-state index is 10.3. The van der Waals surface area contributed by atoms with Crippen molar-refractivity contribution in [3.05, 3.63) is 53.1 Å². The van der Waals surface area contributed by atoms with Crippen LogP contribution >= 0.6 is 11.6 Å². The van der Waals surface area contributed by atoms with Gasteiger partial charge in [-0.15, -0.1) is 0 Å². The van der Waals surface area contributed by atoms with Crippen molar-refractivity contribution >= 4 is 11.6 Å². The van der Waals surface area contributed by atoms with E-state index < -0.39 is 6.10 Å². The molecule has 19 heavy (non-hydrogen) atoms. The van der Waals surface area contributed by atoms with E-state index in [1.54, 1.807) is 36.8 Å². The van der Waals surface area contributed by atoms with Gasteiger partial charge in [-0.3, -0.25) is 4.98 Å². The minimum absolute atomic E-state index is 0.0598. The second kappa shape index (κ2) is 5.99. The van der Waals surface area contributed by atoms with Gasteiger partial charge < -0.3 is 9.84 Å². The number of aliphatic hydroxyl groups excluding tert-OH is 1. The van der Waals surface area contributed by atoms with Crippen molar-refractivity contribution in [1.29, 1.82) is 0 Å². The molecule has 5 heteroatoms. The Morgan fingerprint density at radius 2 is 2.00 bits per heavy atom. The highest BCUT2D eigenvalue weighted by Crippen LogP contribution is 2.25. The van der Waals surface area contributed by atoms with Crippen molar-refractivity contribution in [3.63, 3.8) is 0 Å². The summed E-state index contributed by atoms with van der Waals surface area (Å²) in [5, 5.41) is 10.6. The van der Waals surface area contributed by atoms with E-state index >= 15 is 0 Å². The number of nitrogens with zero attached hydrogens (tertiary/aromatic N) is 2. The molecular formula is C14H15ClN2O2. The van der Waals surface area contributed by atoms with Crippen molar-refractivity contribution in [2.75, 3.05) is 0 Å². The number of aromatic nitrogens is 2. The van der Waals surface area contributed by atoms with E-state index in [9.17, 15) is 5.11 Å². The van der Waals surface area contributed by atoms with Crippen molar-refractivity contribution in [2.24, 2.45) is 0 Å². The summed E-state index contributed by atoms with van der Waals surface area (Å²) in [6, 6.07) is 5.11. The quantitative estimate of drug-likeness (QED) is 0.874.